The molecule has 1 fully saturated rings. The van der Waals surface area contributed by atoms with E-state index in [-0.39, 0.29) is 0 Å². The number of hydrogen-bond acceptors (Lipinski definition) is 4. The van der Waals surface area contributed by atoms with E-state index in [0.29, 0.717) is 38.2 Å². The number of aliphatic imine (C=N–C) groups is 1. The summed E-state index contributed by atoms with van der Waals surface area (Å²) in [6, 6.07) is 9.71. The summed E-state index contributed by atoms with van der Waals surface area (Å²) < 4.78 is 11.1. The molecule has 24 heavy (non-hydrogen) atoms. The highest BCUT2D eigenvalue weighted by atomic mass is 16.5. The molecule has 0 saturated heterocycles. The van der Waals surface area contributed by atoms with Gasteiger partial charge in [-0.3, -0.25) is 4.99 Å². The Morgan fingerprint density at radius 2 is 2.08 bits per heavy atom. The second-order valence-corrected chi connectivity index (χ2v) is 5.94. The lowest BCUT2D eigenvalue weighted by atomic mass is 10.3. The van der Waals surface area contributed by atoms with E-state index in [0.717, 1.165) is 18.9 Å². The standard InChI is InChI=1S/C18H29N3O3/c1-2-19-18(20-10-11-24-17-6-4-3-5-7-17)21-12-16(22)14-23-13-15-8-9-15/h3-7,15-16,22H,2,8-14H2,1H3,(H2,19,20,21). The SMILES string of the molecule is CCNC(=NCC(O)COCC1CC1)NCCOc1ccccc1. The Morgan fingerprint density at radius 3 is 2.79 bits per heavy atom. The van der Waals surface area contributed by atoms with E-state index in [9.17, 15) is 5.11 Å². The molecule has 0 heterocycles. The topological polar surface area (TPSA) is 75.1 Å². The van der Waals surface area contributed by atoms with Gasteiger partial charge in [-0.2, -0.15) is 0 Å². The fraction of sp³-hybridized carbons (Fsp3) is 0.611. The summed E-state index contributed by atoms with van der Waals surface area (Å²) in [5.74, 6) is 2.24. The summed E-state index contributed by atoms with van der Waals surface area (Å²) in [4.78, 5) is 4.38. The van der Waals surface area contributed by atoms with Crippen LogP contribution in [0.5, 0.6) is 5.75 Å². The minimum Gasteiger partial charge on any atom is -0.492 e. The van der Waals surface area contributed by atoms with Gasteiger partial charge in [0.15, 0.2) is 5.96 Å². The molecule has 1 aromatic carbocycles. The van der Waals surface area contributed by atoms with Crippen molar-refractivity contribution in [3.8, 4) is 5.75 Å². The van der Waals surface area contributed by atoms with E-state index in [1.54, 1.807) is 0 Å². The number of aliphatic hydroxyl groups is 1. The van der Waals surface area contributed by atoms with Gasteiger partial charge in [-0.05, 0) is 37.8 Å². The molecule has 3 N–H and O–H groups in total. The maximum Gasteiger partial charge on any atom is 0.191 e. The van der Waals surface area contributed by atoms with Crippen molar-refractivity contribution in [2.45, 2.75) is 25.9 Å². The van der Waals surface area contributed by atoms with Crippen LogP contribution in [0.1, 0.15) is 19.8 Å². The molecular formula is C18H29N3O3. The number of nitrogens with zero attached hydrogens (tertiary/aromatic N) is 1. The molecule has 1 aliphatic carbocycles. The third-order valence-electron chi connectivity index (χ3n) is 3.57. The summed E-state index contributed by atoms with van der Waals surface area (Å²) >= 11 is 0. The van der Waals surface area contributed by atoms with E-state index in [1.807, 2.05) is 37.3 Å². The van der Waals surface area contributed by atoms with E-state index in [1.165, 1.54) is 12.8 Å². The molecule has 0 spiro atoms. The zero-order valence-electron chi connectivity index (χ0n) is 14.4. The number of nitrogens with one attached hydrogen (secondary N) is 2. The molecule has 1 saturated carbocycles. The van der Waals surface area contributed by atoms with Gasteiger partial charge >= 0.3 is 0 Å². The van der Waals surface area contributed by atoms with Crippen molar-refractivity contribution >= 4 is 5.96 Å². The minimum absolute atomic E-state index is 0.319. The molecule has 0 amide bonds. The molecule has 0 bridgehead atoms. The third kappa shape index (κ3) is 8.17. The summed E-state index contributed by atoms with van der Waals surface area (Å²) in [7, 11) is 0. The van der Waals surface area contributed by atoms with Gasteiger partial charge in [-0.25, -0.2) is 0 Å². The Labute approximate surface area is 144 Å². The maximum absolute atomic E-state index is 9.91. The van der Waals surface area contributed by atoms with Crippen LogP contribution in [-0.4, -0.2) is 56.6 Å². The Morgan fingerprint density at radius 1 is 1.29 bits per heavy atom. The quantitative estimate of drug-likeness (QED) is 0.324. The van der Waals surface area contributed by atoms with E-state index >= 15 is 0 Å². The first-order chi connectivity index (χ1) is 11.8. The Hall–Kier alpha value is -1.79. The van der Waals surface area contributed by atoms with Crippen molar-refractivity contribution in [2.24, 2.45) is 10.9 Å². The van der Waals surface area contributed by atoms with Gasteiger partial charge in [0.1, 0.15) is 12.4 Å². The predicted molar refractivity (Wildman–Crippen MR) is 95.5 cm³/mol. The van der Waals surface area contributed by atoms with Gasteiger partial charge in [0, 0.05) is 13.2 Å². The van der Waals surface area contributed by atoms with Crippen LogP contribution in [0.15, 0.2) is 35.3 Å². The zero-order chi connectivity index (χ0) is 17.0. The summed E-state index contributed by atoms with van der Waals surface area (Å²) in [6.45, 7) is 5.37. The molecule has 1 atom stereocenters. The van der Waals surface area contributed by atoms with Gasteiger partial charge < -0.3 is 25.2 Å². The highest BCUT2D eigenvalue weighted by Crippen LogP contribution is 2.28. The predicted octanol–water partition coefficient (Wildman–Crippen LogP) is 1.41. The summed E-state index contributed by atoms with van der Waals surface area (Å²) in [6.07, 6.45) is 1.95. The number of ether oxygens (including phenoxy) is 2. The Balaban J connectivity index is 1.61. The van der Waals surface area contributed by atoms with Gasteiger partial charge in [-0.1, -0.05) is 18.2 Å². The molecule has 0 aromatic heterocycles. The van der Waals surface area contributed by atoms with Gasteiger partial charge in [0.25, 0.3) is 0 Å². The third-order valence-corrected chi connectivity index (χ3v) is 3.57. The Kier molecular flexibility index (Phi) is 8.41. The number of guanidine groups is 1. The highest BCUT2D eigenvalue weighted by molar-refractivity contribution is 5.79. The highest BCUT2D eigenvalue weighted by Gasteiger charge is 2.21. The van der Waals surface area contributed by atoms with Crippen LogP contribution in [-0.2, 0) is 4.74 Å². The number of rotatable bonds is 11. The molecule has 134 valence electrons. The van der Waals surface area contributed by atoms with Gasteiger partial charge in [-0.15, -0.1) is 0 Å². The molecule has 6 heteroatoms. The fourth-order valence-electron chi connectivity index (χ4n) is 2.10. The average molecular weight is 335 g/mol. The van der Waals surface area contributed by atoms with Crippen molar-refractivity contribution < 1.29 is 14.6 Å². The van der Waals surface area contributed by atoms with Crippen molar-refractivity contribution in [1.82, 2.24) is 10.6 Å². The van der Waals surface area contributed by atoms with Crippen LogP contribution < -0.4 is 15.4 Å². The van der Waals surface area contributed by atoms with Crippen LogP contribution in [0.4, 0.5) is 0 Å². The smallest absolute Gasteiger partial charge is 0.191 e. The normalized spacial score (nSPS) is 15.8. The van der Waals surface area contributed by atoms with Crippen LogP contribution >= 0.6 is 0 Å². The van der Waals surface area contributed by atoms with E-state index in [2.05, 4.69) is 15.6 Å². The molecule has 6 nitrogen and oxygen atoms in total. The van der Waals surface area contributed by atoms with Crippen molar-refractivity contribution in [3.05, 3.63) is 30.3 Å². The van der Waals surface area contributed by atoms with E-state index < -0.39 is 6.10 Å². The number of benzene rings is 1. The first-order valence-corrected chi connectivity index (χ1v) is 8.73. The van der Waals surface area contributed by atoms with E-state index in [4.69, 9.17) is 9.47 Å². The monoisotopic (exact) mass is 335 g/mol. The minimum atomic E-state index is -0.570. The second-order valence-electron chi connectivity index (χ2n) is 5.94. The largest absolute Gasteiger partial charge is 0.492 e. The van der Waals surface area contributed by atoms with Crippen LogP contribution in [0, 0.1) is 5.92 Å². The first kappa shape index (κ1) is 18.5. The lowest BCUT2D eigenvalue weighted by Crippen LogP contribution is -2.40. The van der Waals surface area contributed by atoms with Gasteiger partial charge in [0.05, 0.1) is 25.8 Å². The number of para-hydroxylation sites is 1. The zero-order valence-corrected chi connectivity index (χ0v) is 14.4. The Bertz CT molecular complexity index is 478. The lowest BCUT2D eigenvalue weighted by molar-refractivity contribution is 0.0368. The maximum atomic E-state index is 9.91. The van der Waals surface area contributed by atoms with Crippen molar-refractivity contribution in [2.75, 3.05) is 39.5 Å². The molecular weight excluding hydrogens is 306 g/mol. The first-order valence-electron chi connectivity index (χ1n) is 8.73. The second kappa shape index (κ2) is 10.9. The summed E-state index contributed by atoms with van der Waals surface area (Å²) in [5, 5.41) is 16.3. The molecule has 2 rings (SSSR count). The molecule has 1 aliphatic rings. The molecule has 1 unspecified atom stereocenters. The number of hydrogen-bond donors (Lipinski definition) is 3. The van der Waals surface area contributed by atoms with Crippen molar-refractivity contribution in [3.63, 3.8) is 0 Å². The van der Waals surface area contributed by atoms with Crippen molar-refractivity contribution in [1.29, 1.82) is 0 Å². The molecule has 0 aliphatic heterocycles. The molecule has 0 radical (unpaired) electrons. The lowest BCUT2D eigenvalue weighted by Gasteiger charge is -2.13. The van der Waals surface area contributed by atoms with Crippen LogP contribution in [0.2, 0.25) is 0 Å². The average Bonchev–Trinajstić information content (AvgIpc) is 3.41. The summed E-state index contributed by atoms with van der Waals surface area (Å²) in [5.41, 5.74) is 0. The van der Waals surface area contributed by atoms with Crippen LogP contribution in [0.3, 0.4) is 0 Å². The van der Waals surface area contributed by atoms with Crippen LogP contribution in [0.25, 0.3) is 0 Å². The molecule has 1 aromatic rings. The number of aliphatic hydroxyl groups excluding tert-OH is 1. The fourth-order valence-corrected chi connectivity index (χ4v) is 2.10. The van der Waals surface area contributed by atoms with Gasteiger partial charge in [0.2, 0.25) is 0 Å².